The summed E-state index contributed by atoms with van der Waals surface area (Å²) in [6, 6.07) is 0. The van der Waals surface area contributed by atoms with Crippen LogP contribution in [0.4, 0.5) is 0 Å². The van der Waals surface area contributed by atoms with E-state index in [4.69, 9.17) is 14.2 Å². The fraction of sp³-hybridized carbons (Fsp3) is 1.00. The molecule has 0 radical (unpaired) electrons. The van der Waals surface area contributed by atoms with Crippen LogP contribution in [0.2, 0.25) is 0 Å². The lowest BCUT2D eigenvalue weighted by Gasteiger charge is -2.46. The highest BCUT2D eigenvalue weighted by molar-refractivity contribution is 5.15. The highest BCUT2D eigenvalue weighted by Gasteiger charge is 2.67. The Kier molecular flexibility index (Phi) is 2.61. The van der Waals surface area contributed by atoms with Gasteiger partial charge in [0.25, 0.3) is 0 Å². The maximum absolute atomic E-state index is 6.02. The summed E-state index contributed by atoms with van der Waals surface area (Å²) in [5.74, 6) is 0.526. The first-order chi connectivity index (χ1) is 6.95. The van der Waals surface area contributed by atoms with Gasteiger partial charge in [0.1, 0.15) is 11.2 Å². The summed E-state index contributed by atoms with van der Waals surface area (Å²) in [4.78, 5) is 0. The van der Waals surface area contributed by atoms with Gasteiger partial charge in [0, 0.05) is 13.5 Å². The zero-order valence-corrected chi connectivity index (χ0v) is 10.4. The van der Waals surface area contributed by atoms with Gasteiger partial charge in [-0.15, -0.1) is 0 Å². The molecule has 0 aliphatic carbocycles. The molecule has 3 heteroatoms. The van der Waals surface area contributed by atoms with E-state index in [-0.39, 0.29) is 23.4 Å². The molecule has 0 saturated carbocycles. The Labute approximate surface area is 92.1 Å². The van der Waals surface area contributed by atoms with Crippen LogP contribution in [0, 0.1) is 5.92 Å². The largest absolute Gasteiger partial charge is 0.375 e. The molecule has 2 aliphatic rings. The van der Waals surface area contributed by atoms with Gasteiger partial charge in [0.15, 0.2) is 0 Å². The molecule has 0 aromatic heterocycles. The Morgan fingerprint density at radius 1 is 1.40 bits per heavy atom. The molecule has 3 nitrogen and oxygen atoms in total. The molecule has 0 bridgehead atoms. The molecule has 0 aromatic carbocycles. The number of hydrogen-bond donors (Lipinski definition) is 0. The summed E-state index contributed by atoms with van der Waals surface area (Å²) in [6.07, 6.45) is 1.33. The van der Waals surface area contributed by atoms with Gasteiger partial charge in [0.2, 0.25) is 0 Å². The van der Waals surface area contributed by atoms with E-state index in [0.29, 0.717) is 5.92 Å². The highest BCUT2D eigenvalue weighted by atomic mass is 16.7. The minimum atomic E-state index is -0.195. The van der Waals surface area contributed by atoms with Crippen LogP contribution in [-0.4, -0.2) is 37.1 Å². The molecular formula is C12H22O3. The fourth-order valence-corrected chi connectivity index (χ4v) is 2.67. The van der Waals surface area contributed by atoms with E-state index in [1.54, 1.807) is 7.11 Å². The first-order valence-electron chi connectivity index (χ1n) is 5.80. The maximum atomic E-state index is 6.02. The van der Waals surface area contributed by atoms with Crippen molar-refractivity contribution in [2.75, 3.05) is 13.7 Å². The standard InChI is InChI=1S/C12H22O3/c1-8(2)10-6-11(4,13-5)12(7-14-12)9(3)15-10/h8-10H,6-7H2,1-5H3/t9?,10-,11?,12?/m1/s1. The zero-order valence-electron chi connectivity index (χ0n) is 10.4. The smallest absolute Gasteiger partial charge is 0.146 e. The van der Waals surface area contributed by atoms with Crippen LogP contribution in [0.1, 0.15) is 34.1 Å². The molecule has 2 rings (SSSR count). The number of rotatable bonds is 2. The highest BCUT2D eigenvalue weighted by Crippen LogP contribution is 2.51. The molecule has 0 N–H and O–H groups in total. The van der Waals surface area contributed by atoms with Crippen LogP contribution in [-0.2, 0) is 14.2 Å². The second kappa shape index (κ2) is 3.44. The number of ether oxygens (including phenoxy) is 3. The Morgan fingerprint density at radius 2 is 2.00 bits per heavy atom. The third-order valence-corrected chi connectivity index (χ3v) is 4.17. The molecule has 2 heterocycles. The van der Waals surface area contributed by atoms with Crippen LogP contribution in [0.5, 0.6) is 0 Å². The van der Waals surface area contributed by atoms with Crippen LogP contribution in [0.25, 0.3) is 0 Å². The monoisotopic (exact) mass is 214 g/mol. The third kappa shape index (κ3) is 1.52. The van der Waals surface area contributed by atoms with E-state index >= 15 is 0 Å². The molecule has 88 valence electrons. The van der Waals surface area contributed by atoms with Gasteiger partial charge in [-0.25, -0.2) is 0 Å². The summed E-state index contributed by atoms with van der Waals surface area (Å²) in [5, 5.41) is 0. The molecule has 0 amide bonds. The van der Waals surface area contributed by atoms with Crippen molar-refractivity contribution in [3.05, 3.63) is 0 Å². The van der Waals surface area contributed by atoms with Gasteiger partial charge in [-0.1, -0.05) is 13.8 Å². The van der Waals surface area contributed by atoms with Crippen molar-refractivity contribution in [2.24, 2.45) is 5.92 Å². The Hall–Kier alpha value is -0.120. The van der Waals surface area contributed by atoms with Crippen molar-refractivity contribution in [1.82, 2.24) is 0 Å². The lowest BCUT2D eigenvalue weighted by atomic mass is 9.76. The first kappa shape index (κ1) is 11.4. The summed E-state index contributed by atoms with van der Waals surface area (Å²) in [5.41, 5.74) is -0.382. The number of methoxy groups -OCH3 is 1. The molecule has 15 heavy (non-hydrogen) atoms. The average Bonchev–Trinajstić information content (AvgIpc) is 2.95. The summed E-state index contributed by atoms with van der Waals surface area (Å²) >= 11 is 0. The number of hydrogen-bond acceptors (Lipinski definition) is 3. The van der Waals surface area contributed by atoms with Crippen molar-refractivity contribution in [2.45, 2.75) is 57.5 Å². The van der Waals surface area contributed by atoms with Crippen molar-refractivity contribution < 1.29 is 14.2 Å². The van der Waals surface area contributed by atoms with E-state index in [2.05, 4.69) is 27.7 Å². The predicted molar refractivity (Wildman–Crippen MR) is 57.9 cm³/mol. The molecular weight excluding hydrogens is 192 g/mol. The quantitative estimate of drug-likeness (QED) is 0.659. The van der Waals surface area contributed by atoms with E-state index in [1.165, 1.54) is 0 Å². The van der Waals surface area contributed by atoms with Crippen LogP contribution in [0.15, 0.2) is 0 Å². The van der Waals surface area contributed by atoms with Crippen LogP contribution < -0.4 is 0 Å². The lowest BCUT2D eigenvalue weighted by Crippen LogP contribution is -2.59. The minimum absolute atomic E-state index is 0.128. The normalized spacial score (nSPS) is 50.0. The number of epoxide rings is 1. The van der Waals surface area contributed by atoms with E-state index in [9.17, 15) is 0 Å². The van der Waals surface area contributed by atoms with Gasteiger partial charge in [-0.2, -0.15) is 0 Å². The van der Waals surface area contributed by atoms with Crippen molar-refractivity contribution in [3.8, 4) is 0 Å². The van der Waals surface area contributed by atoms with E-state index in [1.807, 2.05) is 0 Å². The predicted octanol–water partition coefficient (Wildman–Crippen LogP) is 1.99. The van der Waals surface area contributed by atoms with Crippen LogP contribution >= 0.6 is 0 Å². The second-order valence-electron chi connectivity index (χ2n) is 5.38. The summed E-state index contributed by atoms with van der Waals surface area (Å²) in [6.45, 7) is 9.40. The summed E-state index contributed by atoms with van der Waals surface area (Å²) in [7, 11) is 1.78. The molecule has 2 saturated heterocycles. The summed E-state index contributed by atoms with van der Waals surface area (Å²) < 4.78 is 17.4. The van der Waals surface area contributed by atoms with Crippen molar-refractivity contribution in [1.29, 1.82) is 0 Å². The maximum Gasteiger partial charge on any atom is 0.146 e. The molecule has 4 atom stereocenters. The fourth-order valence-electron chi connectivity index (χ4n) is 2.67. The van der Waals surface area contributed by atoms with Gasteiger partial charge in [0.05, 0.1) is 18.8 Å². The molecule has 2 aliphatic heterocycles. The third-order valence-electron chi connectivity index (χ3n) is 4.17. The van der Waals surface area contributed by atoms with Crippen molar-refractivity contribution in [3.63, 3.8) is 0 Å². The lowest BCUT2D eigenvalue weighted by molar-refractivity contribution is -0.203. The van der Waals surface area contributed by atoms with Gasteiger partial charge in [-0.3, -0.25) is 0 Å². The Bertz CT molecular complexity index is 247. The van der Waals surface area contributed by atoms with Crippen LogP contribution in [0.3, 0.4) is 0 Å². The first-order valence-corrected chi connectivity index (χ1v) is 5.80. The SMILES string of the molecule is COC1(C)C[C@H](C(C)C)OC(C)C12CO2. The molecule has 2 fully saturated rings. The van der Waals surface area contributed by atoms with Gasteiger partial charge >= 0.3 is 0 Å². The van der Waals surface area contributed by atoms with Gasteiger partial charge in [-0.05, 0) is 19.8 Å². The molecule has 3 unspecified atom stereocenters. The van der Waals surface area contributed by atoms with E-state index < -0.39 is 0 Å². The second-order valence-corrected chi connectivity index (χ2v) is 5.38. The van der Waals surface area contributed by atoms with E-state index in [0.717, 1.165) is 13.0 Å². The average molecular weight is 214 g/mol. The van der Waals surface area contributed by atoms with Gasteiger partial charge < -0.3 is 14.2 Å². The Morgan fingerprint density at radius 3 is 2.40 bits per heavy atom. The van der Waals surface area contributed by atoms with Crippen molar-refractivity contribution >= 4 is 0 Å². The molecule has 0 aromatic rings. The topological polar surface area (TPSA) is 31.0 Å². The Balaban J connectivity index is 2.20. The molecule has 1 spiro atoms. The zero-order chi connectivity index (χ0) is 11.3. The minimum Gasteiger partial charge on any atom is -0.375 e.